The fourth-order valence-electron chi connectivity index (χ4n) is 1.03. The van der Waals surface area contributed by atoms with Crippen LogP contribution in [0.15, 0.2) is 28.0 Å². The van der Waals surface area contributed by atoms with Crippen LogP contribution in [0.1, 0.15) is 20.3 Å². The standard InChI is InChI=1S/C10H15NOS/c1-4-5-6-13-9(3)10-8(2)11-7-12-10/h5-8,10H,3-4H2,1-2H3/b6-5-. The highest BCUT2D eigenvalue weighted by molar-refractivity contribution is 8.05. The Bertz CT molecular complexity index is 235. The SMILES string of the molecule is C=C(S/C=C\CC)C1OC=NC1C. The molecule has 0 bridgehead atoms. The van der Waals surface area contributed by atoms with Crippen LogP contribution in [0.5, 0.6) is 0 Å². The molecule has 0 N–H and O–H groups in total. The molecule has 0 amide bonds. The normalized spacial score (nSPS) is 26.6. The van der Waals surface area contributed by atoms with Crippen molar-refractivity contribution in [1.82, 2.24) is 0 Å². The Morgan fingerprint density at radius 2 is 2.54 bits per heavy atom. The quantitative estimate of drug-likeness (QED) is 0.691. The van der Waals surface area contributed by atoms with Crippen LogP contribution in [0.4, 0.5) is 0 Å². The van der Waals surface area contributed by atoms with Gasteiger partial charge in [0.1, 0.15) is 0 Å². The highest BCUT2D eigenvalue weighted by Gasteiger charge is 2.24. The second-order valence-corrected chi connectivity index (χ2v) is 3.95. The van der Waals surface area contributed by atoms with Gasteiger partial charge in [-0.2, -0.15) is 0 Å². The largest absolute Gasteiger partial charge is 0.473 e. The van der Waals surface area contributed by atoms with E-state index in [1.54, 1.807) is 11.8 Å². The maximum atomic E-state index is 5.31. The summed E-state index contributed by atoms with van der Waals surface area (Å²) in [7, 11) is 0. The molecule has 1 rings (SSSR count). The van der Waals surface area contributed by atoms with E-state index in [-0.39, 0.29) is 12.1 Å². The lowest BCUT2D eigenvalue weighted by atomic mass is 10.2. The maximum Gasteiger partial charge on any atom is 0.170 e. The van der Waals surface area contributed by atoms with Gasteiger partial charge in [-0.05, 0) is 18.8 Å². The summed E-state index contributed by atoms with van der Waals surface area (Å²) in [5.74, 6) is 0. The molecule has 1 heterocycles. The summed E-state index contributed by atoms with van der Waals surface area (Å²) in [6.07, 6.45) is 4.73. The minimum atomic E-state index is 0.0477. The minimum Gasteiger partial charge on any atom is -0.473 e. The molecule has 1 aliphatic heterocycles. The third-order valence-corrected chi connectivity index (χ3v) is 2.67. The number of hydrogen-bond acceptors (Lipinski definition) is 3. The van der Waals surface area contributed by atoms with Gasteiger partial charge < -0.3 is 4.74 Å². The van der Waals surface area contributed by atoms with E-state index in [0.29, 0.717) is 0 Å². The van der Waals surface area contributed by atoms with E-state index < -0.39 is 0 Å². The topological polar surface area (TPSA) is 21.6 Å². The van der Waals surface area contributed by atoms with Crippen molar-refractivity contribution >= 4 is 18.2 Å². The van der Waals surface area contributed by atoms with E-state index in [1.807, 2.05) is 6.92 Å². The van der Waals surface area contributed by atoms with E-state index in [1.165, 1.54) is 6.40 Å². The van der Waals surface area contributed by atoms with Gasteiger partial charge in [0.05, 0.1) is 6.04 Å². The molecule has 2 nitrogen and oxygen atoms in total. The van der Waals surface area contributed by atoms with Crippen LogP contribution in [0, 0.1) is 0 Å². The Morgan fingerprint density at radius 3 is 3.08 bits per heavy atom. The maximum absolute atomic E-state index is 5.31. The van der Waals surface area contributed by atoms with Gasteiger partial charge in [0, 0.05) is 4.91 Å². The molecule has 0 aromatic carbocycles. The highest BCUT2D eigenvalue weighted by Crippen LogP contribution is 2.26. The van der Waals surface area contributed by atoms with Crippen LogP contribution >= 0.6 is 11.8 Å². The molecule has 0 saturated heterocycles. The summed E-state index contributed by atoms with van der Waals surface area (Å²) in [5, 5.41) is 2.05. The first-order chi connectivity index (χ1) is 6.25. The number of thioether (sulfide) groups is 1. The number of aliphatic imine (C=N–C) groups is 1. The van der Waals surface area contributed by atoms with Crippen LogP contribution in [-0.4, -0.2) is 18.5 Å². The number of ether oxygens (including phenoxy) is 1. The van der Waals surface area contributed by atoms with Crippen molar-refractivity contribution in [3.05, 3.63) is 23.0 Å². The van der Waals surface area contributed by atoms with Crippen LogP contribution in [0.2, 0.25) is 0 Å². The van der Waals surface area contributed by atoms with Gasteiger partial charge in [-0.3, -0.25) is 4.99 Å². The second kappa shape index (κ2) is 5.12. The lowest BCUT2D eigenvalue weighted by Crippen LogP contribution is -2.19. The molecule has 0 radical (unpaired) electrons. The molecule has 2 unspecified atom stereocenters. The van der Waals surface area contributed by atoms with Crippen molar-refractivity contribution < 1.29 is 4.74 Å². The number of nitrogens with zero attached hydrogens (tertiary/aromatic N) is 1. The summed E-state index contributed by atoms with van der Waals surface area (Å²) >= 11 is 1.62. The Hall–Kier alpha value is -0.700. The van der Waals surface area contributed by atoms with E-state index in [0.717, 1.165) is 11.3 Å². The van der Waals surface area contributed by atoms with Crippen molar-refractivity contribution in [3.63, 3.8) is 0 Å². The van der Waals surface area contributed by atoms with E-state index >= 15 is 0 Å². The molecular formula is C10H15NOS. The molecule has 13 heavy (non-hydrogen) atoms. The molecule has 1 aliphatic rings. The third kappa shape index (κ3) is 2.92. The predicted octanol–water partition coefficient (Wildman–Crippen LogP) is 2.97. The molecule has 0 saturated carbocycles. The predicted molar refractivity (Wildman–Crippen MR) is 59.0 cm³/mol. The van der Waals surface area contributed by atoms with E-state index in [4.69, 9.17) is 4.74 Å². The Morgan fingerprint density at radius 1 is 1.77 bits per heavy atom. The van der Waals surface area contributed by atoms with Crippen molar-refractivity contribution in [1.29, 1.82) is 0 Å². The van der Waals surface area contributed by atoms with Crippen LogP contribution < -0.4 is 0 Å². The number of allylic oxidation sites excluding steroid dienone is 1. The summed E-state index contributed by atoms with van der Waals surface area (Å²) in [6.45, 7) is 8.11. The lowest BCUT2D eigenvalue weighted by molar-refractivity contribution is 0.253. The fourth-order valence-corrected chi connectivity index (χ4v) is 1.88. The van der Waals surface area contributed by atoms with Gasteiger partial charge in [0.25, 0.3) is 0 Å². The number of hydrogen-bond donors (Lipinski definition) is 0. The summed E-state index contributed by atoms with van der Waals surface area (Å²) < 4.78 is 5.31. The van der Waals surface area contributed by atoms with Gasteiger partial charge >= 0.3 is 0 Å². The first kappa shape index (κ1) is 10.4. The zero-order chi connectivity index (χ0) is 9.68. The second-order valence-electron chi connectivity index (χ2n) is 2.92. The van der Waals surface area contributed by atoms with Gasteiger partial charge in [0.2, 0.25) is 0 Å². The molecule has 3 heteroatoms. The van der Waals surface area contributed by atoms with Crippen molar-refractivity contribution in [2.24, 2.45) is 4.99 Å². The molecular weight excluding hydrogens is 182 g/mol. The summed E-state index contributed by atoms with van der Waals surface area (Å²) in [4.78, 5) is 5.14. The first-order valence-electron chi connectivity index (χ1n) is 4.43. The molecule has 72 valence electrons. The van der Waals surface area contributed by atoms with Gasteiger partial charge in [-0.15, -0.1) is 0 Å². The van der Waals surface area contributed by atoms with Gasteiger partial charge in [0.15, 0.2) is 12.5 Å². The highest BCUT2D eigenvalue weighted by atomic mass is 32.2. The van der Waals surface area contributed by atoms with Crippen molar-refractivity contribution in [2.45, 2.75) is 32.4 Å². The number of rotatable bonds is 4. The third-order valence-electron chi connectivity index (χ3n) is 1.81. The zero-order valence-electron chi connectivity index (χ0n) is 8.06. The Kier molecular flexibility index (Phi) is 4.09. The van der Waals surface area contributed by atoms with E-state index in [9.17, 15) is 0 Å². The zero-order valence-corrected chi connectivity index (χ0v) is 8.88. The molecule has 0 aromatic heterocycles. The fraction of sp³-hybridized carbons (Fsp3) is 0.500. The molecule has 0 spiro atoms. The van der Waals surface area contributed by atoms with E-state index in [2.05, 4.69) is 30.0 Å². The minimum absolute atomic E-state index is 0.0477. The Balaban J connectivity index is 2.36. The molecule has 0 fully saturated rings. The smallest absolute Gasteiger partial charge is 0.170 e. The molecule has 2 atom stereocenters. The Labute approximate surface area is 83.8 Å². The van der Waals surface area contributed by atoms with Crippen LogP contribution in [0.25, 0.3) is 0 Å². The van der Waals surface area contributed by atoms with Crippen LogP contribution in [0.3, 0.4) is 0 Å². The van der Waals surface area contributed by atoms with Gasteiger partial charge in [-0.1, -0.05) is 31.3 Å². The molecule has 0 aromatic rings. The van der Waals surface area contributed by atoms with Gasteiger partial charge in [-0.25, -0.2) is 0 Å². The summed E-state index contributed by atoms with van der Waals surface area (Å²) in [6, 6.07) is 0.204. The molecule has 0 aliphatic carbocycles. The first-order valence-corrected chi connectivity index (χ1v) is 5.31. The van der Waals surface area contributed by atoms with Crippen molar-refractivity contribution in [2.75, 3.05) is 0 Å². The average Bonchev–Trinajstić information content (AvgIpc) is 2.52. The monoisotopic (exact) mass is 197 g/mol. The summed E-state index contributed by atoms with van der Waals surface area (Å²) in [5.41, 5.74) is 0. The van der Waals surface area contributed by atoms with Crippen LogP contribution in [-0.2, 0) is 4.74 Å². The average molecular weight is 197 g/mol. The lowest BCUT2D eigenvalue weighted by Gasteiger charge is -2.14. The van der Waals surface area contributed by atoms with Crippen molar-refractivity contribution in [3.8, 4) is 0 Å².